The zero-order valence-corrected chi connectivity index (χ0v) is 38.9. The van der Waals surface area contributed by atoms with Gasteiger partial charge in [-0.3, -0.25) is 14.3 Å². The zero-order chi connectivity index (χ0) is 40.8. The van der Waals surface area contributed by atoms with Crippen LogP contribution < -0.4 is 4.90 Å². The van der Waals surface area contributed by atoms with Crippen LogP contribution in [0.4, 0.5) is 5.82 Å². The minimum Gasteiger partial charge on any atom is -0.414 e. The van der Waals surface area contributed by atoms with Crippen molar-refractivity contribution in [3.05, 3.63) is 84.4 Å². The molecule has 5 rings (SSSR count). The number of hydrogen-bond acceptors (Lipinski definition) is 8. The first-order chi connectivity index (χ1) is 25.3. The van der Waals surface area contributed by atoms with E-state index in [4.69, 9.17) is 33.0 Å². The van der Waals surface area contributed by atoms with Crippen LogP contribution in [0.5, 0.6) is 0 Å². The first-order valence-electron chi connectivity index (χ1n) is 19.6. The Labute approximate surface area is 332 Å². The Balaban J connectivity index is 1.65. The molecule has 0 bridgehead atoms. The second kappa shape index (κ2) is 15.7. The first kappa shape index (κ1) is 43.1. The summed E-state index contributed by atoms with van der Waals surface area (Å²) in [5.41, 5.74) is 2.58. The fraction of sp³-hybridized carbons (Fsp3) is 0.571. The lowest BCUT2D eigenvalue weighted by Gasteiger charge is -2.44. The number of amides is 1. The largest absolute Gasteiger partial charge is 0.414 e. The molecule has 0 radical (unpaired) electrons. The molecule has 2 aromatic carbocycles. The molecule has 1 aliphatic rings. The molecule has 0 saturated carbocycles. The number of carbonyl (C=O) groups is 1. The van der Waals surface area contributed by atoms with Crippen LogP contribution in [0.1, 0.15) is 84.5 Å². The van der Waals surface area contributed by atoms with Gasteiger partial charge in [-0.05, 0) is 72.1 Å². The third kappa shape index (κ3) is 9.24. The van der Waals surface area contributed by atoms with Crippen LogP contribution in [0.15, 0.2) is 73.3 Å². The van der Waals surface area contributed by atoms with E-state index in [1.807, 2.05) is 65.2 Å². The van der Waals surface area contributed by atoms with Crippen molar-refractivity contribution >= 4 is 47.8 Å². The molecule has 0 aliphatic carbocycles. The van der Waals surface area contributed by atoms with Gasteiger partial charge in [0.15, 0.2) is 48.2 Å². The van der Waals surface area contributed by atoms with Gasteiger partial charge in [0.05, 0.1) is 19.5 Å². The molecule has 300 valence electrons. The summed E-state index contributed by atoms with van der Waals surface area (Å²) in [7, 11) is -6.89. The summed E-state index contributed by atoms with van der Waals surface area (Å²) >= 11 is 0. The fourth-order valence-corrected chi connectivity index (χ4v) is 9.46. The summed E-state index contributed by atoms with van der Waals surface area (Å²) in [5, 5.41) is -0.0970. The topological polar surface area (TPSA) is 101 Å². The Morgan fingerprint density at radius 3 is 1.80 bits per heavy atom. The van der Waals surface area contributed by atoms with E-state index in [1.54, 1.807) is 11.2 Å². The summed E-state index contributed by atoms with van der Waals surface area (Å²) in [4.78, 5) is 30.4. The summed E-state index contributed by atoms with van der Waals surface area (Å²) in [6.07, 6.45) is 1.34. The van der Waals surface area contributed by atoms with Crippen molar-refractivity contribution in [1.82, 2.24) is 19.5 Å². The van der Waals surface area contributed by atoms with E-state index in [1.165, 1.54) is 6.33 Å². The highest BCUT2D eigenvalue weighted by Gasteiger charge is 2.55. The quantitative estimate of drug-likeness (QED) is 0.131. The SMILES string of the molecule is CC(C)(C)[Si](C)(C)OC[C@H]1O[C@@H](n2cnc3c(N(Cc4ccccc4)C(=O)c4ccccc4)ncnc32)[C@H](O[Si](C)(C)C(C)(C)C)[C@@H]1O[Si](C)(C)C(C)(C)C. The number of fused-ring (bicyclic) bond motifs is 1. The highest BCUT2D eigenvalue weighted by Crippen LogP contribution is 2.47. The third-order valence-corrected chi connectivity index (χ3v) is 25.9. The molecular formula is C42H65N5O5Si3. The number of hydrogen-bond donors (Lipinski definition) is 0. The molecule has 1 amide bonds. The second-order valence-corrected chi connectivity index (χ2v) is 33.9. The van der Waals surface area contributed by atoms with E-state index in [9.17, 15) is 4.79 Å². The van der Waals surface area contributed by atoms with Crippen molar-refractivity contribution in [1.29, 1.82) is 0 Å². The van der Waals surface area contributed by atoms with Crippen LogP contribution >= 0.6 is 0 Å². The zero-order valence-electron chi connectivity index (χ0n) is 35.9. The summed E-state index contributed by atoms with van der Waals surface area (Å²) in [6.45, 7) is 34.6. The Bertz CT molecular complexity index is 1920. The number of carbonyl (C=O) groups excluding carboxylic acids is 1. The highest BCUT2D eigenvalue weighted by molar-refractivity contribution is 6.75. The molecule has 13 heteroatoms. The van der Waals surface area contributed by atoms with E-state index in [-0.39, 0.29) is 21.0 Å². The summed E-state index contributed by atoms with van der Waals surface area (Å²) in [5.74, 6) is 0.245. The van der Waals surface area contributed by atoms with Gasteiger partial charge in [0.25, 0.3) is 5.91 Å². The molecule has 4 aromatic rings. The smallest absolute Gasteiger partial charge is 0.259 e. The number of aromatic nitrogens is 4. The van der Waals surface area contributed by atoms with Crippen molar-refractivity contribution in [3.63, 3.8) is 0 Å². The van der Waals surface area contributed by atoms with Crippen molar-refractivity contribution in [2.75, 3.05) is 11.5 Å². The van der Waals surface area contributed by atoms with E-state index < -0.39 is 49.5 Å². The van der Waals surface area contributed by atoms with E-state index in [2.05, 4.69) is 102 Å². The van der Waals surface area contributed by atoms with Crippen LogP contribution in [0.3, 0.4) is 0 Å². The van der Waals surface area contributed by atoms with E-state index in [0.717, 1.165) is 5.56 Å². The first-order valence-corrected chi connectivity index (χ1v) is 28.3. The standard InChI is InChI=1S/C42H65N5O5Si3/c1-40(2,3)53(10,11)49-27-32-34(51-54(12,13)41(4,5)6)35(52-55(14,15)42(7,8)9)39(50-32)47-29-45-33-36(43-28-44-37(33)47)46(26-30-22-18-16-19-23-30)38(48)31-24-20-17-21-25-31/h16-25,28-29,32,34-35,39H,26-27H2,1-15H3/t32-,34-,35-,39-/m1/s1. The maximum absolute atomic E-state index is 14.2. The fourth-order valence-electron chi connectivity index (χ4n) is 5.84. The van der Waals surface area contributed by atoms with Gasteiger partial charge in [0.1, 0.15) is 24.6 Å². The van der Waals surface area contributed by atoms with Gasteiger partial charge in [-0.2, -0.15) is 0 Å². The Kier molecular flexibility index (Phi) is 12.3. The molecule has 3 heterocycles. The minimum atomic E-state index is -2.39. The Hall–Kier alpha value is -3.05. The summed E-state index contributed by atoms with van der Waals surface area (Å²) < 4.78 is 30.8. The van der Waals surface area contributed by atoms with Gasteiger partial charge >= 0.3 is 0 Å². The van der Waals surface area contributed by atoms with Gasteiger partial charge in [0.2, 0.25) is 0 Å². The molecule has 55 heavy (non-hydrogen) atoms. The predicted octanol–water partition coefficient (Wildman–Crippen LogP) is 10.4. The van der Waals surface area contributed by atoms with Crippen LogP contribution in [0.25, 0.3) is 11.2 Å². The van der Waals surface area contributed by atoms with E-state index in [0.29, 0.717) is 35.7 Å². The molecule has 1 aliphatic heterocycles. The number of nitrogens with zero attached hydrogens (tertiary/aromatic N) is 5. The van der Waals surface area contributed by atoms with Crippen LogP contribution in [0.2, 0.25) is 54.4 Å². The maximum atomic E-state index is 14.2. The van der Waals surface area contributed by atoms with Gasteiger partial charge in [-0.25, -0.2) is 15.0 Å². The number of anilines is 1. The lowest BCUT2D eigenvalue weighted by atomic mass is 10.1. The van der Waals surface area contributed by atoms with Crippen molar-refractivity contribution in [2.45, 2.75) is 148 Å². The molecule has 2 aromatic heterocycles. The third-order valence-electron chi connectivity index (χ3n) is 12.5. The molecule has 10 nitrogen and oxygen atoms in total. The number of benzene rings is 2. The average Bonchev–Trinajstić information content (AvgIpc) is 3.66. The van der Waals surface area contributed by atoms with E-state index >= 15 is 0 Å². The normalized spacial score (nSPS) is 20.3. The maximum Gasteiger partial charge on any atom is 0.259 e. The lowest BCUT2D eigenvalue weighted by Crippen LogP contribution is -2.54. The molecular weight excluding hydrogens is 739 g/mol. The van der Waals surface area contributed by atoms with Gasteiger partial charge in [-0.15, -0.1) is 0 Å². The summed E-state index contributed by atoms with van der Waals surface area (Å²) in [6, 6.07) is 19.2. The molecule has 0 N–H and O–H groups in total. The highest BCUT2D eigenvalue weighted by atomic mass is 28.4. The lowest BCUT2D eigenvalue weighted by molar-refractivity contribution is -0.0470. The number of imidazole rings is 1. The van der Waals surface area contributed by atoms with Crippen molar-refractivity contribution in [3.8, 4) is 0 Å². The molecule has 4 atom stereocenters. The van der Waals surface area contributed by atoms with Gasteiger partial charge < -0.3 is 18.0 Å². The van der Waals surface area contributed by atoms with Crippen LogP contribution in [0, 0.1) is 0 Å². The molecule has 1 fully saturated rings. The second-order valence-electron chi connectivity index (χ2n) is 19.6. The number of ether oxygens (including phenoxy) is 1. The average molecular weight is 804 g/mol. The molecule has 0 unspecified atom stereocenters. The van der Waals surface area contributed by atoms with Crippen LogP contribution in [-0.2, 0) is 24.6 Å². The molecule has 1 saturated heterocycles. The minimum absolute atomic E-state index is 0.0223. The predicted molar refractivity (Wildman–Crippen MR) is 230 cm³/mol. The number of rotatable bonds is 12. The molecule has 0 spiro atoms. The van der Waals surface area contributed by atoms with Gasteiger partial charge in [0, 0.05) is 5.56 Å². The van der Waals surface area contributed by atoms with Crippen molar-refractivity contribution < 1.29 is 22.8 Å². The monoisotopic (exact) mass is 803 g/mol. The van der Waals surface area contributed by atoms with Crippen LogP contribution in [-0.4, -0.2) is 75.3 Å². The Morgan fingerprint density at radius 2 is 1.25 bits per heavy atom. The van der Waals surface area contributed by atoms with Crippen molar-refractivity contribution in [2.24, 2.45) is 0 Å². The van der Waals surface area contributed by atoms with Gasteiger partial charge in [-0.1, -0.05) is 111 Å². The Morgan fingerprint density at radius 1 is 0.727 bits per heavy atom.